The normalized spacial score (nSPS) is 12.1. The van der Waals surface area contributed by atoms with E-state index in [1.54, 1.807) is 0 Å². The van der Waals surface area contributed by atoms with E-state index >= 15 is 0 Å². The Balaban J connectivity index is 2.54. The van der Waals surface area contributed by atoms with Crippen molar-refractivity contribution in [3.05, 3.63) is 40.9 Å². The second kappa shape index (κ2) is 11.2. The first-order valence-electron chi connectivity index (χ1n) is 7.49. The van der Waals surface area contributed by atoms with E-state index in [0.717, 1.165) is 31.2 Å². The Morgan fingerprint density at radius 2 is 1.62 bits per heavy atom. The topological polar surface area (TPSA) is 35.5 Å². The average Bonchev–Trinajstić information content (AvgIpc) is 2.49. The van der Waals surface area contributed by atoms with Crippen LogP contribution < -0.4 is 0 Å². The Morgan fingerprint density at radius 1 is 1.05 bits per heavy atom. The van der Waals surface area contributed by atoms with Crippen molar-refractivity contribution in [1.29, 1.82) is 0 Å². The van der Waals surface area contributed by atoms with Gasteiger partial charge in [-0.1, -0.05) is 0 Å². The van der Waals surface area contributed by atoms with E-state index in [1.807, 2.05) is 41.4 Å². The molecule has 118 valence electrons. The van der Waals surface area contributed by atoms with Crippen molar-refractivity contribution >= 4 is 26.9 Å². The summed E-state index contributed by atoms with van der Waals surface area (Å²) < 4.78 is 23.8. The summed E-state index contributed by atoms with van der Waals surface area (Å²) in [4.78, 5) is 1.95. The van der Waals surface area contributed by atoms with Crippen LogP contribution in [0, 0.1) is 0 Å². The van der Waals surface area contributed by atoms with Gasteiger partial charge in [0.2, 0.25) is 0 Å². The molecule has 0 aliphatic carbocycles. The van der Waals surface area contributed by atoms with Gasteiger partial charge < -0.3 is 0 Å². The summed E-state index contributed by atoms with van der Waals surface area (Å²) in [5, 5.41) is 0. The zero-order chi connectivity index (χ0) is 15.4. The van der Waals surface area contributed by atoms with E-state index < -0.39 is 6.29 Å². The molecule has 0 radical (unpaired) electrons. The third-order valence-corrected chi connectivity index (χ3v) is 8.13. The van der Waals surface area contributed by atoms with Crippen molar-refractivity contribution in [3.63, 3.8) is 0 Å². The van der Waals surface area contributed by atoms with Crippen molar-refractivity contribution < 1.29 is 13.6 Å². The second-order valence-electron chi connectivity index (χ2n) is 4.64. The molecule has 3 nitrogen and oxygen atoms in total. The molecule has 0 amide bonds. The summed E-state index contributed by atoms with van der Waals surface area (Å²) in [5.41, 5.74) is 1.10. The Morgan fingerprint density at radius 3 is 2.14 bits per heavy atom. The van der Waals surface area contributed by atoms with E-state index in [2.05, 4.69) is 13.8 Å². The van der Waals surface area contributed by atoms with Gasteiger partial charge in [-0.25, -0.2) is 0 Å². The van der Waals surface area contributed by atoms with Gasteiger partial charge in [0.05, 0.1) is 0 Å². The molecule has 0 aliphatic heterocycles. The minimum absolute atomic E-state index is 0.287. The monoisotopic (exact) mass is 376 g/mol. The van der Waals surface area contributed by atoms with Gasteiger partial charge in [-0.15, -0.1) is 0 Å². The molecule has 0 fully saturated rings. The minimum atomic E-state index is -2.94. The van der Waals surface area contributed by atoms with Crippen LogP contribution in [0.2, 0.25) is 0 Å². The van der Waals surface area contributed by atoms with Gasteiger partial charge in [-0.3, -0.25) is 0 Å². The number of hydrogen-bond donors (Lipinski definition) is 0. The van der Waals surface area contributed by atoms with E-state index in [9.17, 15) is 4.57 Å². The third-order valence-electron chi connectivity index (χ3n) is 2.74. The van der Waals surface area contributed by atoms with Crippen LogP contribution in [0.15, 0.2) is 35.3 Å². The molecule has 0 saturated heterocycles. The first-order valence-corrected chi connectivity index (χ1v) is 12.2. The van der Waals surface area contributed by atoms with Gasteiger partial charge in [0.15, 0.2) is 0 Å². The van der Waals surface area contributed by atoms with Crippen molar-refractivity contribution in [1.82, 2.24) is 0 Å². The fraction of sp³-hybridized carbons (Fsp3) is 0.500. The molecule has 1 aromatic rings. The van der Waals surface area contributed by atoms with Crippen LogP contribution in [0.3, 0.4) is 0 Å². The van der Waals surface area contributed by atoms with Crippen molar-refractivity contribution in [2.75, 3.05) is 13.2 Å². The summed E-state index contributed by atoms with van der Waals surface area (Å²) in [6.07, 6.45) is 2.94. The van der Waals surface area contributed by atoms with E-state index in [1.165, 1.54) is 0 Å². The summed E-state index contributed by atoms with van der Waals surface area (Å²) in [5.74, 6) is 0. The molecule has 0 aromatic heterocycles. The Bertz CT molecular complexity index is 434. The number of benzene rings is 1. The molecule has 0 atom stereocenters. The SMILES string of the molecule is CCCCOP(=O)(OCCCC)[Se]/C=C\c1ccccc1. The van der Waals surface area contributed by atoms with Crippen LogP contribution in [-0.4, -0.2) is 27.7 Å². The van der Waals surface area contributed by atoms with Crippen LogP contribution in [-0.2, 0) is 13.6 Å². The predicted octanol–water partition coefficient (Wildman–Crippen LogP) is 5.10. The number of unbranched alkanes of at least 4 members (excludes halogenated alkanes) is 2. The van der Waals surface area contributed by atoms with Crippen LogP contribution in [0.25, 0.3) is 6.08 Å². The summed E-state index contributed by atoms with van der Waals surface area (Å²) in [6, 6.07) is 10.00. The molecule has 0 bridgehead atoms. The van der Waals surface area contributed by atoms with Gasteiger partial charge in [0, 0.05) is 0 Å². The zero-order valence-corrected chi connectivity index (χ0v) is 15.5. The standard InChI is InChI=1S/C16H25O3PSe/c1-3-5-13-18-20(17,19-14-6-4-2)21-15-12-16-10-8-7-9-11-16/h7-12,15H,3-6,13-14H2,1-2H3/b15-12-. The van der Waals surface area contributed by atoms with Crippen molar-refractivity contribution in [2.24, 2.45) is 0 Å². The molecule has 0 saturated carbocycles. The second-order valence-corrected chi connectivity index (χ2v) is 11.0. The first kappa shape index (κ1) is 18.7. The molecule has 0 unspecified atom stereocenters. The molecule has 0 aliphatic rings. The molecule has 0 spiro atoms. The Hall–Kier alpha value is -0.371. The van der Waals surface area contributed by atoms with Crippen molar-refractivity contribution in [2.45, 2.75) is 39.5 Å². The van der Waals surface area contributed by atoms with Gasteiger partial charge in [-0.2, -0.15) is 0 Å². The summed E-state index contributed by atoms with van der Waals surface area (Å²) >= 11 is -0.287. The van der Waals surface area contributed by atoms with Crippen LogP contribution >= 0.6 is 6.29 Å². The van der Waals surface area contributed by atoms with E-state index in [-0.39, 0.29) is 14.5 Å². The fourth-order valence-electron chi connectivity index (χ4n) is 1.49. The quantitative estimate of drug-likeness (QED) is 0.307. The van der Waals surface area contributed by atoms with Crippen LogP contribution in [0.5, 0.6) is 0 Å². The summed E-state index contributed by atoms with van der Waals surface area (Å²) in [6.45, 7) is 5.21. The Kier molecular flexibility index (Phi) is 9.99. The average molecular weight is 375 g/mol. The molecule has 1 rings (SSSR count). The van der Waals surface area contributed by atoms with Gasteiger partial charge >= 0.3 is 134 Å². The number of hydrogen-bond acceptors (Lipinski definition) is 3. The van der Waals surface area contributed by atoms with E-state index in [4.69, 9.17) is 9.05 Å². The van der Waals surface area contributed by atoms with Gasteiger partial charge in [0.1, 0.15) is 0 Å². The first-order chi connectivity index (χ1) is 10.2. The Labute approximate surface area is 134 Å². The summed E-state index contributed by atoms with van der Waals surface area (Å²) in [7, 11) is 0. The number of rotatable bonds is 11. The molecule has 1 aromatic carbocycles. The zero-order valence-electron chi connectivity index (χ0n) is 12.9. The van der Waals surface area contributed by atoms with Gasteiger partial charge in [0.25, 0.3) is 0 Å². The molecular formula is C16H25O3PSe. The molecule has 21 heavy (non-hydrogen) atoms. The van der Waals surface area contributed by atoms with Crippen LogP contribution in [0.1, 0.15) is 45.1 Å². The third kappa shape index (κ3) is 8.60. The van der Waals surface area contributed by atoms with Gasteiger partial charge in [-0.05, 0) is 0 Å². The molecule has 0 heterocycles. The molecular weight excluding hydrogens is 350 g/mol. The van der Waals surface area contributed by atoms with Crippen LogP contribution in [0.4, 0.5) is 0 Å². The van der Waals surface area contributed by atoms with E-state index in [0.29, 0.717) is 13.2 Å². The predicted molar refractivity (Wildman–Crippen MR) is 90.6 cm³/mol. The maximum atomic E-state index is 12.7. The molecule has 5 heteroatoms. The van der Waals surface area contributed by atoms with Crippen molar-refractivity contribution in [3.8, 4) is 0 Å². The fourth-order valence-corrected chi connectivity index (χ4v) is 5.95. The molecule has 0 N–H and O–H groups in total. The maximum absolute atomic E-state index is 12.7.